The zero-order chi connectivity index (χ0) is 15.2. The number of aryl methyl sites for hydroxylation is 1. The van der Waals surface area contributed by atoms with E-state index in [0.717, 1.165) is 5.56 Å². The van der Waals surface area contributed by atoms with Gasteiger partial charge in [-0.05, 0) is 30.3 Å². The van der Waals surface area contributed by atoms with E-state index in [0.29, 0.717) is 31.0 Å². The highest BCUT2D eigenvalue weighted by atomic mass is 19.1. The maximum Gasteiger partial charge on any atom is 0.271 e. The Bertz CT molecular complexity index is 653. The summed E-state index contributed by atoms with van der Waals surface area (Å²) in [4.78, 5) is 12.0. The van der Waals surface area contributed by atoms with Gasteiger partial charge in [0.2, 0.25) is 0 Å². The zero-order valence-corrected chi connectivity index (χ0v) is 12.1. The van der Waals surface area contributed by atoms with E-state index in [2.05, 4.69) is 10.4 Å². The number of ether oxygens (including phenoxy) is 1. The number of hydrogen-bond donors (Lipinski definition) is 1. The van der Waals surface area contributed by atoms with Crippen molar-refractivity contribution in [1.82, 2.24) is 15.1 Å². The third-order valence-corrected chi connectivity index (χ3v) is 3.08. The molecular formula is C15H18FN3O2. The van der Waals surface area contributed by atoms with E-state index in [4.69, 9.17) is 4.74 Å². The molecule has 0 saturated carbocycles. The van der Waals surface area contributed by atoms with Crippen LogP contribution in [0.4, 0.5) is 4.39 Å². The van der Waals surface area contributed by atoms with Crippen molar-refractivity contribution < 1.29 is 9.13 Å². The number of rotatable bonds is 6. The molecule has 0 saturated heterocycles. The highest BCUT2D eigenvalue weighted by Crippen LogP contribution is 2.16. The van der Waals surface area contributed by atoms with Crippen molar-refractivity contribution in [2.45, 2.75) is 6.54 Å². The van der Waals surface area contributed by atoms with Crippen LogP contribution in [-0.2, 0) is 18.3 Å². The van der Waals surface area contributed by atoms with Crippen LogP contribution in [0.5, 0.6) is 0 Å². The normalized spacial score (nSPS) is 10.8. The summed E-state index contributed by atoms with van der Waals surface area (Å²) in [5, 5.41) is 7.34. The standard InChI is InChI=1S/C15H18FN3O2/c1-19-15(20)12(10-17-7-8-21-2)9-14(18-19)11-3-5-13(16)6-4-11/h3-6,9,17H,7-8,10H2,1-2H3. The maximum atomic E-state index is 13.0. The molecule has 2 aromatic rings. The second-order valence-electron chi connectivity index (χ2n) is 4.66. The number of benzene rings is 1. The fraction of sp³-hybridized carbons (Fsp3) is 0.333. The second kappa shape index (κ2) is 7.10. The monoisotopic (exact) mass is 291 g/mol. The van der Waals surface area contributed by atoms with Crippen LogP contribution >= 0.6 is 0 Å². The highest BCUT2D eigenvalue weighted by molar-refractivity contribution is 5.58. The molecule has 0 bridgehead atoms. The number of aromatic nitrogens is 2. The third kappa shape index (κ3) is 3.96. The van der Waals surface area contributed by atoms with Gasteiger partial charge < -0.3 is 10.1 Å². The molecule has 0 fully saturated rings. The fourth-order valence-electron chi connectivity index (χ4n) is 1.96. The molecule has 21 heavy (non-hydrogen) atoms. The number of nitrogens with zero attached hydrogens (tertiary/aromatic N) is 2. The van der Waals surface area contributed by atoms with E-state index in [-0.39, 0.29) is 11.4 Å². The van der Waals surface area contributed by atoms with Gasteiger partial charge in [-0.2, -0.15) is 5.10 Å². The van der Waals surface area contributed by atoms with Gasteiger partial charge in [-0.25, -0.2) is 9.07 Å². The molecule has 0 aliphatic heterocycles. The van der Waals surface area contributed by atoms with Crippen LogP contribution in [0.15, 0.2) is 35.1 Å². The summed E-state index contributed by atoms with van der Waals surface area (Å²) in [5.74, 6) is -0.301. The SMILES string of the molecule is COCCNCc1cc(-c2ccc(F)cc2)nn(C)c1=O. The third-order valence-electron chi connectivity index (χ3n) is 3.08. The van der Waals surface area contributed by atoms with Crippen LogP contribution in [0.3, 0.4) is 0 Å². The van der Waals surface area contributed by atoms with Crippen molar-refractivity contribution >= 4 is 0 Å². The van der Waals surface area contributed by atoms with Crippen molar-refractivity contribution in [2.24, 2.45) is 7.05 Å². The topological polar surface area (TPSA) is 56.1 Å². The van der Waals surface area contributed by atoms with Gasteiger partial charge in [-0.15, -0.1) is 0 Å². The predicted molar refractivity (Wildman–Crippen MR) is 78.5 cm³/mol. The van der Waals surface area contributed by atoms with E-state index in [1.165, 1.54) is 16.8 Å². The van der Waals surface area contributed by atoms with Crippen LogP contribution in [0.1, 0.15) is 5.56 Å². The summed E-state index contributed by atoms with van der Waals surface area (Å²) in [6.07, 6.45) is 0. The summed E-state index contributed by atoms with van der Waals surface area (Å²) >= 11 is 0. The zero-order valence-electron chi connectivity index (χ0n) is 12.1. The van der Waals surface area contributed by atoms with Crippen molar-refractivity contribution in [2.75, 3.05) is 20.3 Å². The van der Waals surface area contributed by atoms with Crippen LogP contribution in [0.25, 0.3) is 11.3 Å². The Kier molecular flexibility index (Phi) is 5.19. The van der Waals surface area contributed by atoms with Crippen molar-refractivity contribution in [3.8, 4) is 11.3 Å². The molecule has 0 unspecified atom stereocenters. The molecule has 0 radical (unpaired) electrons. The van der Waals surface area contributed by atoms with E-state index in [9.17, 15) is 9.18 Å². The Morgan fingerprint density at radius 3 is 2.71 bits per heavy atom. The molecule has 2 rings (SSSR count). The minimum absolute atomic E-state index is 0.147. The summed E-state index contributed by atoms with van der Waals surface area (Å²) in [5.41, 5.74) is 1.87. The molecular weight excluding hydrogens is 273 g/mol. The average molecular weight is 291 g/mol. The van der Waals surface area contributed by atoms with Gasteiger partial charge in [0, 0.05) is 38.4 Å². The van der Waals surface area contributed by atoms with Crippen LogP contribution in [0.2, 0.25) is 0 Å². The number of nitrogens with one attached hydrogen (secondary N) is 1. The van der Waals surface area contributed by atoms with E-state index in [1.54, 1.807) is 32.4 Å². The minimum Gasteiger partial charge on any atom is -0.383 e. The van der Waals surface area contributed by atoms with Crippen LogP contribution in [0, 0.1) is 5.82 Å². The molecule has 1 heterocycles. The lowest BCUT2D eigenvalue weighted by Crippen LogP contribution is -2.28. The van der Waals surface area contributed by atoms with E-state index < -0.39 is 0 Å². The van der Waals surface area contributed by atoms with Gasteiger partial charge in [-0.1, -0.05) is 0 Å². The van der Waals surface area contributed by atoms with Crippen molar-refractivity contribution in [3.05, 3.63) is 52.1 Å². The largest absolute Gasteiger partial charge is 0.383 e. The van der Waals surface area contributed by atoms with E-state index >= 15 is 0 Å². The fourth-order valence-corrected chi connectivity index (χ4v) is 1.96. The Morgan fingerprint density at radius 2 is 2.05 bits per heavy atom. The van der Waals surface area contributed by atoms with Crippen LogP contribution in [-0.4, -0.2) is 30.0 Å². The average Bonchev–Trinajstić information content (AvgIpc) is 2.48. The molecule has 1 aromatic heterocycles. The van der Waals surface area contributed by atoms with Gasteiger partial charge in [0.25, 0.3) is 5.56 Å². The molecule has 0 aliphatic rings. The van der Waals surface area contributed by atoms with Gasteiger partial charge in [0.15, 0.2) is 0 Å². The maximum absolute atomic E-state index is 13.0. The van der Waals surface area contributed by atoms with Gasteiger partial charge in [0.05, 0.1) is 12.3 Å². The minimum atomic E-state index is -0.301. The molecule has 1 N–H and O–H groups in total. The first-order chi connectivity index (χ1) is 10.1. The Labute approximate surface area is 122 Å². The molecule has 6 heteroatoms. The summed E-state index contributed by atoms with van der Waals surface area (Å²) in [6, 6.07) is 7.77. The van der Waals surface area contributed by atoms with Crippen molar-refractivity contribution in [3.63, 3.8) is 0 Å². The molecule has 0 amide bonds. The predicted octanol–water partition coefficient (Wildman–Crippen LogP) is 1.32. The lowest BCUT2D eigenvalue weighted by atomic mass is 10.1. The van der Waals surface area contributed by atoms with Crippen LogP contribution < -0.4 is 10.9 Å². The quantitative estimate of drug-likeness (QED) is 0.816. The Morgan fingerprint density at radius 1 is 1.33 bits per heavy atom. The Balaban J connectivity index is 2.25. The number of methoxy groups -OCH3 is 1. The number of hydrogen-bond acceptors (Lipinski definition) is 4. The second-order valence-corrected chi connectivity index (χ2v) is 4.66. The first-order valence-corrected chi connectivity index (χ1v) is 6.64. The highest BCUT2D eigenvalue weighted by Gasteiger charge is 2.08. The lowest BCUT2D eigenvalue weighted by molar-refractivity contribution is 0.199. The van der Waals surface area contributed by atoms with Gasteiger partial charge in [0.1, 0.15) is 5.82 Å². The Hall–Kier alpha value is -2.05. The molecule has 5 nitrogen and oxygen atoms in total. The molecule has 1 aromatic carbocycles. The molecule has 112 valence electrons. The van der Waals surface area contributed by atoms with Gasteiger partial charge >= 0.3 is 0 Å². The summed E-state index contributed by atoms with van der Waals surface area (Å²) in [7, 11) is 3.23. The lowest BCUT2D eigenvalue weighted by Gasteiger charge is -2.08. The summed E-state index contributed by atoms with van der Waals surface area (Å²) < 4.78 is 19.2. The first kappa shape index (κ1) is 15.3. The molecule has 0 spiro atoms. The first-order valence-electron chi connectivity index (χ1n) is 6.64. The molecule has 0 atom stereocenters. The number of halogens is 1. The smallest absolute Gasteiger partial charge is 0.271 e. The van der Waals surface area contributed by atoms with E-state index in [1.807, 2.05) is 0 Å². The van der Waals surface area contributed by atoms with Gasteiger partial charge in [-0.3, -0.25) is 4.79 Å². The van der Waals surface area contributed by atoms with Crippen molar-refractivity contribution in [1.29, 1.82) is 0 Å². The summed E-state index contributed by atoms with van der Waals surface area (Å²) in [6.45, 7) is 1.68. The molecule has 0 aliphatic carbocycles.